The Kier molecular flexibility index (Phi) is 6.92. The highest BCUT2D eigenvalue weighted by molar-refractivity contribution is 7.89. The first-order chi connectivity index (χ1) is 13.4. The third-order valence-corrected chi connectivity index (χ3v) is 5.66. The molecule has 0 heterocycles. The lowest BCUT2D eigenvalue weighted by Gasteiger charge is -2.19. The SMILES string of the molecule is C[C@H](OC(=O)CNS(=O)(=O)c1ccc(F)cc1)C(=O)c1ccc(C(C)(C)C)cc1. The van der Waals surface area contributed by atoms with E-state index < -0.39 is 34.5 Å². The van der Waals surface area contributed by atoms with Crippen LogP contribution >= 0.6 is 0 Å². The first-order valence-electron chi connectivity index (χ1n) is 8.99. The Morgan fingerprint density at radius 3 is 2.10 bits per heavy atom. The number of Topliss-reactive ketones (excluding diaryl/α,β-unsaturated/α-hetero) is 1. The average Bonchev–Trinajstić information content (AvgIpc) is 2.65. The molecule has 6 nitrogen and oxygen atoms in total. The number of ether oxygens (including phenoxy) is 1. The number of rotatable bonds is 7. The van der Waals surface area contributed by atoms with Crippen LogP contribution in [-0.4, -0.2) is 32.8 Å². The van der Waals surface area contributed by atoms with Gasteiger partial charge in [-0.1, -0.05) is 45.0 Å². The summed E-state index contributed by atoms with van der Waals surface area (Å²) in [6.45, 7) is 6.94. The fourth-order valence-corrected chi connectivity index (χ4v) is 3.48. The Hall–Kier alpha value is -2.58. The lowest BCUT2D eigenvalue weighted by atomic mass is 9.86. The summed E-state index contributed by atoms with van der Waals surface area (Å²) >= 11 is 0. The first kappa shape index (κ1) is 22.7. The smallest absolute Gasteiger partial charge is 0.321 e. The van der Waals surface area contributed by atoms with Gasteiger partial charge in [0.15, 0.2) is 6.10 Å². The number of carbonyl (C=O) groups is 2. The molecule has 1 N–H and O–H groups in total. The van der Waals surface area contributed by atoms with Gasteiger partial charge >= 0.3 is 5.97 Å². The van der Waals surface area contributed by atoms with Gasteiger partial charge in [0.1, 0.15) is 12.4 Å². The largest absolute Gasteiger partial charge is 0.453 e. The summed E-state index contributed by atoms with van der Waals surface area (Å²) in [7, 11) is -4.00. The van der Waals surface area contributed by atoms with Gasteiger partial charge in [0.25, 0.3) is 0 Å². The number of nitrogens with one attached hydrogen (secondary N) is 1. The van der Waals surface area contributed by atoms with Crippen molar-refractivity contribution in [3.8, 4) is 0 Å². The molecule has 0 bridgehead atoms. The van der Waals surface area contributed by atoms with Crippen molar-refractivity contribution in [2.45, 2.75) is 44.1 Å². The van der Waals surface area contributed by atoms with Crippen LogP contribution in [0.15, 0.2) is 53.4 Å². The maximum absolute atomic E-state index is 12.9. The lowest BCUT2D eigenvalue weighted by molar-refractivity contribution is -0.144. The van der Waals surface area contributed by atoms with Gasteiger partial charge < -0.3 is 4.74 Å². The summed E-state index contributed by atoms with van der Waals surface area (Å²) in [6.07, 6.45) is -1.07. The van der Waals surface area contributed by atoms with Crippen LogP contribution in [0.5, 0.6) is 0 Å². The van der Waals surface area contributed by atoms with Crippen molar-refractivity contribution in [3.05, 3.63) is 65.5 Å². The number of benzene rings is 2. The van der Waals surface area contributed by atoms with Crippen molar-refractivity contribution >= 4 is 21.8 Å². The zero-order valence-electron chi connectivity index (χ0n) is 16.7. The molecule has 0 saturated heterocycles. The molecule has 0 aliphatic rings. The van der Waals surface area contributed by atoms with Crippen LogP contribution in [0.2, 0.25) is 0 Å². The minimum absolute atomic E-state index is 0.0542. The van der Waals surface area contributed by atoms with E-state index in [4.69, 9.17) is 4.74 Å². The second-order valence-corrected chi connectivity index (χ2v) is 9.37. The quantitative estimate of drug-likeness (QED) is 0.548. The zero-order chi connectivity index (χ0) is 21.8. The predicted octanol–water partition coefficient (Wildman–Crippen LogP) is 3.22. The van der Waals surface area contributed by atoms with Crippen LogP contribution in [-0.2, 0) is 25.0 Å². The molecular formula is C21H24FNO5S. The third kappa shape index (κ3) is 6.20. The Morgan fingerprint density at radius 2 is 1.59 bits per heavy atom. The van der Waals surface area contributed by atoms with E-state index in [1.807, 2.05) is 12.1 Å². The molecule has 0 saturated carbocycles. The van der Waals surface area contributed by atoms with Gasteiger partial charge in [-0.15, -0.1) is 0 Å². The lowest BCUT2D eigenvalue weighted by Crippen LogP contribution is -2.34. The molecule has 0 aliphatic heterocycles. The summed E-state index contributed by atoms with van der Waals surface area (Å²) in [5.41, 5.74) is 1.40. The standard InChI is InChI=1S/C21H24FNO5S/c1-14(20(25)15-5-7-16(8-6-15)21(2,3)4)28-19(24)13-23-29(26,27)18-11-9-17(22)10-12-18/h5-12,14,23H,13H2,1-4H3/t14-/m0/s1. The van der Waals surface area contributed by atoms with Gasteiger partial charge in [-0.25, -0.2) is 12.8 Å². The maximum atomic E-state index is 12.9. The molecule has 0 aliphatic carbocycles. The number of esters is 1. The number of hydrogen-bond donors (Lipinski definition) is 1. The number of sulfonamides is 1. The number of carbonyl (C=O) groups excluding carboxylic acids is 2. The molecule has 2 rings (SSSR count). The highest BCUT2D eigenvalue weighted by Crippen LogP contribution is 2.22. The van der Waals surface area contributed by atoms with Crippen molar-refractivity contribution in [2.24, 2.45) is 0 Å². The number of ketones is 1. The topological polar surface area (TPSA) is 89.5 Å². The van der Waals surface area contributed by atoms with E-state index >= 15 is 0 Å². The maximum Gasteiger partial charge on any atom is 0.321 e. The van der Waals surface area contributed by atoms with E-state index in [2.05, 4.69) is 25.5 Å². The van der Waals surface area contributed by atoms with Crippen LogP contribution in [0.1, 0.15) is 43.6 Å². The summed E-state index contributed by atoms with van der Waals surface area (Å²) in [4.78, 5) is 24.2. The molecule has 0 unspecified atom stereocenters. The molecule has 2 aromatic carbocycles. The summed E-state index contributed by atoms with van der Waals surface area (Å²) in [5, 5.41) is 0. The third-order valence-electron chi connectivity index (χ3n) is 4.24. The fraction of sp³-hybridized carbons (Fsp3) is 0.333. The number of hydrogen-bond acceptors (Lipinski definition) is 5. The van der Waals surface area contributed by atoms with E-state index in [1.54, 1.807) is 12.1 Å². The van der Waals surface area contributed by atoms with Gasteiger partial charge in [0.2, 0.25) is 15.8 Å². The molecule has 2 aromatic rings. The van der Waals surface area contributed by atoms with Crippen LogP contribution in [0.25, 0.3) is 0 Å². The van der Waals surface area contributed by atoms with Crippen molar-refractivity contribution < 1.29 is 27.1 Å². The van der Waals surface area contributed by atoms with Gasteiger partial charge in [-0.3, -0.25) is 9.59 Å². The van der Waals surface area contributed by atoms with E-state index in [9.17, 15) is 22.4 Å². The van der Waals surface area contributed by atoms with Crippen molar-refractivity contribution in [1.82, 2.24) is 4.72 Å². The average molecular weight is 421 g/mol. The molecule has 0 fully saturated rings. The minimum Gasteiger partial charge on any atom is -0.453 e. The summed E-state index contributed by atoms with van der Waals surface area (Å²) in [5.74, 6) is -1.87. The summed E-state index contributed by atoms with van der Waals surface area (Å²) < 4.78 is 44.2. The van der Waals surface area contributed by atoms with Crippen LogP contribution in [0.3, 0.4) is 0 Å². The van der Waals surface area contributed by atoms with E-state index in [0.717, 1.165) is 29.8 Å². The van der Waals surface area contributed by atoms with Gasteiger partial charge in [-0.2, -0.15) is 4.72 Å². The number of halogens is 1. The molecule has 0 radical (unpaired) electrons. The second kappa shape index (κ2) is 8.84. The van der Waals surface area contributed by atoms with E-state index in [1.165, 1.54) is 6.92 Å². The Bertz CT molecular complexity index is 977. The van der Waals surface area contributed by atoms with Gasteiger partial charge in [0.05, 0.1) is 4.90 Å². The van der Waals surface area contributed by atoms with Crippen LogP contribution in [0, 0.1) is 5.82 Å². The molecule has 0 spiro atoms. The monoisotopic (exact) mass is 421 g/mol. The summed E-state index contributed by atoms with van der Waals surface area (Å²) in [6, 6.07) is 11.2. The van der Waals surface area contributed by atoms with Gasteiger partial charge in [0, 0.05) is 5.56 Å². The molecule has 1 atom stereocenters. The highest BCUT2D eigenvalue weighted by Gasteiger charge is 2.22. The van der Waals surface area contributed by atoms with Crippen molar-refractivity contribution in [3.63, 3.8) is 0 Å². The van der Waals surface area contributed by atoms with Crippen molar-refractivity contribution in [1.29, 1.82) is 0 Å². The zero-order valence-corrected chi connectivity index (χ0v) is 17.5. The fourth-order valence-electron chi connectivity index (χ4n) is 2.51. The molecular weight excluding hydrogens is 397 g/mol. The van der Waals surface area contributed by atoms with Crippen molar-refractivity contribution in [2.75, 3.05) is 6.54 Å². The normalized spacial score (nSPS) is 13.0. The van der Waals surface area contributed by atoms with E-state index in [0.29, 0.717) is 5.56 Å². The van der Waals surface area contributed by atoms with Crippen LogP contribution in [0.4, 0.5) is 4.39 Å². The molecule has 0 amide bonds. The van der Waals surface area contributed by atoms with Gasteiger partial charge in [-0.05, 0) is 42.2 Å². The molecule has 8 heteroatoms. The highest BCUT2D eigenvalue weighted by atomic mass is 32.2. The predicted molar refractivity (Wildman–Crippen MR) is 107 cm³/mol. The second-order valence-electron chi connectivity index (χ2n) is 7.60. The van der Waals surface area contributed by atoms with E-state index in [-0.39, 0.29) is 16.1 Å². The Labute approximate surface area is 170 Å². The molecule has 0 aromatic heterocycles. The molecule has 29 heavy (non-hydrogen) atoms. The van der Waals surface area contributed by atoms with Crippen LogP contribution < -0.4 is 4.72 Å². The minimum atomic E-state index is -4.00. The molecule has 156 valence electrons. The first-order valence-corrected chi connectivity index (χ1v) is 10.5. The Balaban J connectivity index is 1.94. The Morgan fingerprint density at radius 1 is 1.03 bits per heavy atom.